The van der Waals surface area contributed by atoms with Gasteiger partial charge in [0.15, 0.2) is 0 Å². The van der Waals surface area contributed by atoms with Crippen LogP contribution in [0.2, 0.25) is 0 Å². The molecule has 17 heteroatoms. The molecule has 0 radical (unpaired) electrons. The Bertz CT molecular complexity index is 1890. The van der Waals surface area contributed by atoms with Gasteiger partial charge in [-0.3, -0.25) is 33.6 Å². The fourth-order valence-electron chi connectivity index (χ4n) is 5.03. The lowest BCUT2D eigenvalue weighted by molar-refractivity contribution is -0.140. The van der Waals surface area contributed by atoms with Gasteiger partial charge in [-0.25, -0.2) is 4.79 Å². The van der Waals surface area contributed by atoms with Crippen molar-refractivity contribution in [3.8, 4) is 5.75 Å². The zero-order chi connectivity index (χ0) is 38.7. The fraction of sp³-hybridized carbons (Fsp3) is 0.371. The molecule has 0 bridgehead atoms. The number of hydrogen-bond donors (Lipinski definition) is 8. The van der Waals surface area contributed by atoms with Crippen LogP contribution < -0.4 is 32.2 Å². The molecular weight excluding hydrogens is 682 g/mol. The van der Waals surface area contributed by atoms with Crippen molar-refractivity contribution in [2.45, 2.75) is 77.5 Å². The number of phenols is 1. The van der Waals surface area contributed by atoms with Gasteiger partial charge in [-0.1, -0.05) is 26.0 Å². The molecule has 3 aromatic rings. The smallest absolute Gasteiger partial charge is 0.336 e. The topological polar surface area (TPSA) is 271 Å². The summed E-state index contributed by atoms with van der Waals surface area (Å²) in [6, 6.07) is 6.18. The van der Waals surface area contributed by atoms with E-state index < -0.39 is 96.4 Å². The summed E-state index contributed by atoms with van der Waals surface area (Å²) >= 11 is 0. The number of nitrogens with one attached hydrogen (secondary N) is 5. The molecule has 0 aliphatic carbocycles. The average molecular weight is 724 g/mol. The van der Waals surface area contributed by atoms with Gasteiger partial charge in [-0.15, -0.1) is 0 Å². The highest BCUT2D eigenvalue weighted by atomic mass is 16.4. The minimum absolute atomic E-state index is 0.0315. The van der Waals surface area contributed by atoms with Crippen LogP contribution in [0.15, 0.2) is 57.7 Å². The summed E-state index contributed by atoms with van der Waals surface area (Å²) in [7, 11) is 0. The highest BCUT2D eigenvalue weighted by Gasteiger charge is 2.32. The number of aliphatic carboxylic acids is 2. The number of amides is 5. The molecule has 4 atom stereocenters. The third kappa shape index (κ3) is 12.0. The quantitative estimate of drug-likeness (QED) is 0.0905. The largest absolute Gasteiger partial charge is 0.508 e. The van der Waals surface area contributed by atoms with E-state index in [1.165, 1.54) is 49.4 Å². The molecule has 8 N–H and O–H groups in total. The number of carbonyl (C=O) groups is 7. The molecule has 5 amide bonds. The zero-order valence-electron chi connectivity index (χ0n) is 28.8. The number of hydrogen-bond acceptors (Lipinski definition) is 10. The number of carboxylic acid groups (broad SMARTS) is 2. The highest BCUT2D eigenvalue weighted by Crippen LogP contribution is 2.21. The maximum absolute atomic E-state index is 13.4. The Morgan fingerprint density at radius 2 is 1.40 bits per heavy atom. The lowest BCUT2D eigenvalue weighted by Gasteiger charge is -2.27. The van der Waals surface area contributed by atoms with Crippen molar-refractivity contribution in [1.29, 1.82) is 0 Å². The highest BCUT2D eigenvalue weighted by molar-refractivity contribution is 6.01. The van der Waals surface area contributed by atoms with Crippen LogP contribution in [0.5, 0.6) is 5.75 Å². The molecule has 0 aliphatic rings. The molecule has 3 rings (SSSR count). The zero-order valence-corrected chi connectivity index (χ0v) is 28.8. The minimum atomic E-state index is -1.59. The van der Waals surface area contributed by atoms with E-state index in [4.69, 9.17) is 9.52 Å². The molecular formula is C35H41N5O12. The van der Waals surface area contributed by atoms with E-state index in [1.807, 2.05) is 0 Å². The molecule has 17 nitrogen and oxygen atoms in total. The van der Waals surface area contributed by atoms with Crippen LogP contribution in [-0.2, 0) is 40.0 Å². The Balaban J connectivity index is 1.70. The Morgan fingerprint density at radius 3 is 2.02 bits per heavy atom. The van der Waals surface area contributed by atoms with Gasteiger partial charge < -0.3 is 46.3 Å². The summed E-state index contributed by atoms with van der Waals surface area (Å²) in [5, 5.41) is 40.9. The molecule has 1 aromatic heterocycles. The van der Waals surface area contributed by atoms with Crippen LogP contribution in [-0.4, -0.2) is 81.0 Å². The first-order chi connectivity index (χ1) is 24.4. The Hall–Kier alpha value is -6.26. The van der Waals surface area contributed by atoms with Gasteiger partial charge >= 0.3 is 17.6 Å². The third-order valence-corrected chi connectivity index (χ3v) is 7.82. The standard InChI is InChI=1S/C35H41N5O12/c1-17(2)31(40-34(50)24(38-27(42)11-12-28(43)44)14-20-5-8-22(41)9-6-20)35(51)36-19(4)32(48)39-25(16-29(45)46)33(49)37-21-7-10-23-18(3)13-30(47)52-26(23)15-21/h5-10,13,15,17,19,24-25,31,41H,11-12,14,16H2,1-4H3,(H,36,51)(H,37,49)(H,38,42)(H,39,48)(H,40,50)(H,43,44)(H,45,46)/t19-,24-,25-,31-/m0/s1. The number of aromatic hydroxyl groups is 1. The predicted octanol–water partition coefficient (Wildman–Crippen LogP) is 0.943. The molecule has 1 heterocycles. The Kier molecular flexibility index (Phi) is 14.0. The van der Waals surface area contributed by atoms with Crippen molar-refractivity contribution in [3.05, 3.63) is 70.1 Å². The van der Waals surface area contributed by atoms with Crippen LogP contribution in [0.25, 0.3) is 11.0 Å². The summed E-state index contributed by atoms with van der Waals surface area (Å²) < 4.78 is 5.18. The van der Waals surface area contributed by atoms with E-state index in [-0.39, 0.29) is 23.4 Å². The van der Waals surface area contributed by atoms with Crippen molar-refractivity contribution in [3.63, 3.8) is 0 Å². The lowest BCUT2D eigenvalue weighted by Crippen LogP contribution is -2.59. The molecule has 0 spiro atoms. The number of anilines is 1. The van der Waals surface area contributed by atoms with Gasteiger partial charge in [0.25, 0.3) is 0 Å². The van der Waals surface area contributed by atoms with Crippen molar-refractivity contribution in [2.75, 3.05) is 5.32 Å². The van der Waals surface area contributed by atoms with Gasteiger partial charge in [0.1, 0.15) is 35.5 Å². The summed E-state index contributed by atoms with van der Waals surface area (Å²) in [5.74, 6) is -7.33. The molecule has 0 fully saturated rings. The normalized spacial score (nSPS) is 13.2. The number of aryl methyl sites for hydroxylation is 1. The van der Waals surface area contributed by atoms with Gasteiger partial charge in [-0.2, -0.15) is 0 Å². The van der Waals surface area contributed by atoms with E-state index in [9.17, 15) is 48.6 Å². The fourth-order valence-corrected chi connectivity index (χ4v) is 5.03. The van der Waals surface area contributed by atoms with E-state index in [0.29, 0.717) is 16.5 Å². The van der Waals surface area contributed by atoms with Gasteiger partial charge in [0.2, 0.25) is 29.5 Å². The van der Waals surface area contributed by atoms with E-state index >= 15 is 0 Å². The number of carboxylic acids is 2. The van der Waals surface area contributed by atoms with Crippen LogP contribution in [0.4, 0.5) is 5.69 Å². The second-order valence-corrected chi connectivity index (χ2v) is 12.5. The van der Waals surface area contributed by atoms with Gasteiger partial charge in [0, 0.05) is 36.0 Å². The second kappa shape index (κ2) is 18.1. The molecule has 278 valence electrons. The minimum Gasteiger partial charge on any atom is -0.508 e. The monoisotopic (exact) mass is 723 g/mol. The molecule has 0 saturated carbocycles. The molecule has 0 aliphatic heterocycles. The second-order valence-electron chi connectivity index (χ2n) is 12.5. The maximum Gasteiger partial charge on any atom is 0.336 e. The number of rotatable bonds is 17. The number of carbonyl (C=O) groups excluding carboxylic acids is 5. The number of phenolic OH excluding ortho intramolecular Hbond substituents is 1. The predicted molar refractivity (Wildman–Crippen MR) is 185 cm³/mol. The van der Waals surface area contributed by atoms with Crippen molar-refractivity contribution in [1.82, 2.24) is 21.3 Å². The van der Waals surface area contributed by atoms with Crippen LogP contribution in [0.3, 0.4) is 0 Å². The molecule has 52 heavy (non-hydrogen) atoms. The van der Waals surface area contributed by atoms with Crippen molar-refractivity contribution >= 4 is 58.1 Å². The SMILES string of the molecule is Cc1cc(=O)oc2cc(NC(=O)[C@H](CC(=O)O)NC(=O)[C@H](C)NC(=O)[C@@H](NC(=O)[C@H](Cc3ccc(O)cc3)NC(=O)CCC(=O)O)C(C)C)ccc12. The molecule has 0 unspecified atom stereocenters. The first kappa shape index (κ1) is 40.2. The summed E-state index contributed by atoms with van der Waals surface area (Å²) in [6.07, 6.45) is -1.77. The number of benzene rings is 2. The summed E-state index contributed by atoms with van der Waals surface area (Å²) in [6.45, 7) is 6.22. The van der Waals surface area contributed by atoms with Crippen molar-refractivity contribution in [2.24, 2.45) is 5.92 Å². The lowest BCUT2D eigenvalue weighted by atomic mass is 10.0. The first-order valence-corrected chi connectivity index (χ1v) is 16.2. The Morgan fingerprint density at radius 1 is 0.731 bits per heavy atom. The van der Waals surface area contributed by atoms with Crippen molar-refractivity contribution < 1.29 is 53.3 Å². The average Bonchev–Trinajstić information content (AvgIpc) is 3.05. The van der Waals surface area contributed by atoms with Gasteiger partial charge in [0.05, 0.1) is 12.8 Å². The van der Waals surface area contributed by atoms with Crippen LogP contribution >= 0.6 is 0 Å². The van der Waals surface area contributed by atoms with Crippen LogP contribution in [0.1, 0.15) is 51.2 Å². The summed E-state index contributed by atoms with van der Waals surface area (Å²) in [4.78, 5) is 99.8. The van der Waals surface area contributed by atoms with Crippen LogP contribution in [0, 0.1) is 12.8 Å². The third-order valence-electron chi connectivity index (χ3n) is 7.82. The van der Waals surface area contributed by atoms with E-state index in [0.717, 1.165) is 0 Å². The van der Waals surface area contributed by atoms with Gasteiger partial charge in [-0.05, 0) is 55.2 Å². The molecule has 2 aromatic carbocycles. The summed E-state index contributed by atoms with van der Waals surface area (Å²) in [5.41, 5.74) is 0.915. The maximum atomic E-state index is 13.4. The first-order valence-electron chi connectivity index (χ1n) is 16.2. The Labute approximate surface area is 297 Å². The molecule has 0 saturated heterocycles. The van der Waals surface area contributed by atoms with E-state index in [2.05, 4.69) is 26.6 Å². The van der Waals surface area contributed by atoms with E-state index in [1.54, 1.807) is 26.8 Å². The number of fused-ring (bicyclic) bond motifs is 1.